The lowest BCUT2D eigenvalue weighted by Gasteiger charge is -2.02. The molecule has 0 aliphatic heterocycles. The van der Waals surface area contributed by atoms with Crippen LogP contribution < -0.4 is 0 Å². The van der Waals surface area contributed by atoms with E-state index in [0.717, 1.165) is 11.4 Å². The fourth-order valence-corrected chi connectivity index (χ4v) is 1.67. The van der Waals surface area contributed by atoms with Gasteiger partial charge in [0, 0.05) is 26.5 Å². The molecule has 0 fully saturated rings. The van der Waals surface area contributed by atoms with Crippen LogP contribution in [0.4, 0.5) is 0 Å². The summed E-state index contributed by atoms with van der Waals surface area (Å²) < 4.78 is 8.32. The lowest BCUT2D eigenvalue weighted by Crippen LogP contribution is -1.98. The summed E-state index contributed by atoms with van der Waals surface area (Å²) in [6.07, 6.45) is 3.47. The third kappa shape index (κ3) is 1.60. The fraction of sp³-hybridized carbons (Fsp3) is 0.273. The highest BCUT2D eigenvalue weighted by molar-refractivity contribution is 5.90. The minimum absolute atomic E-state index is 0.330. The van der Waals surface area contributed by atoms with E-state index in [0.29, 0.717) is 5.56 Å². The third-order valence-electron chi connectivity index (χ3n) is 2.51. The Labute approximate surface area is 93.2 Å². The van der Waals surface area contributed by atoms with Crippen LogP contribution in [0, 0.1) is 0 Å². The molecule has 0 amide bonds. The Morgan fingerprint density at radius 3 is 2.69 bits per heavy atom. The van der Waals surface area contributed by atoms with Crippen LogP contribution in [0.2, 0.25) is 0 Å². The van der Waals surface area contributed by atoms with Gasteiger partial charge in [0.25, 0.3) is 0 Å². The molecular formula is C11H13N3O2. The number of carbonyl (C=O) groups is 1. The van der Waals surface area contributed by atoms with Crippen LogP contribution in [-0.4, -0.2) is 27.4 Å². The molecule has 0 unspecified atom stereocenters. The monoisotopic (exact) mass is 219 g/mol. The lowest BCUT2D eigenvalue weighted by atomic mass is 10.2. The van der Waals surface area contributed by atoms with Gasteiger partial charge in [-0.3, -0.25) is 4.68 Å². The SMILES string of the molecule is COC(=O)c1cc(-c2ccnn2C)n(C)c1. The van der Waals surface area contributed by atoms with E-state index in [4.69, 9.17) is 0 Å². The highest BCUT2D eigenvalue weighted by atomic mass is 16.5. The number of nitrogens with zero attached hydrogens (tertiary/aromatic N) is 3. The number of hydrogen-bond acceptors (Lipinski definition) is 3. The number of esters is 1. The van der Waals surface area contributed by atoms with Gasteiger partial charge in [-0.25, -0.2) is 4.79 Å². The molecule has 0 radical (unpaired) electrons. The molecule has 2 heterocycles. The Morgan fingerprint density at radius 2 is 2.12 bits per heavy atom. The van der Waals surface area contributed by atoms with Gasteiger partial charge in [-0.05, 0) is 12.1 Å². The van der Waals surface area contributed by atoms with Crippen molar-refractivity contribution in [3.8, 4) is 11.4 Å². The second-order valence-electron chi connectivity index (χ2n) is 3.56. The summed E-state index contributed by atoms with van der Waals surface area (Å²) in [6, 6.07) is 3.69. The molecule has 5 nitrogen and oxygen atoms in total. The van der Waals surface area contributed by atoms with Gasteiger partial charge in [0.15, 0.2) is 0 Å². The van der Waals surface area contributed by atoms with E-state index in [9.17, 15) is 4.79 Å². The average Bonchev–Trinajstić information content (AvgIpc) is 2.83. The molecule has 0 atom stereocenters. The van der Waals surface area contributed by atoms with Crippen molar-refractivity contribution < 1.29 is 9.53 Å². The summed E-state index contributed by atoms with van der Waals surface area (Å²) in [7, 11) is 5.12. The van der Waals surface area contributed by atoms with Crippen LogP contribution >= 0.6 is 0 Å². The quantitative estimate of drug-likeness (QED) is 0.713. The van der Waals surface area contributed by atoms with Crippen LogP contribution in [-0.2, 0) is 18.8 Å². The third-order valence-corrected chi connectivity index (χ3v) is 2.51. The molecule has 0 aromatic carbocycles. The van der Waals surface area contributed by atoms with Gasteiger partial charge in [0.2, 0.25) is 0 Å². The van der Waals surface area contributed by atoms with Gasteiger partial charge in [-0.15, -0.1) is 0 Å². The first kappa shape index (κ1) is 10.5. The molecule has 0 N–H and O–H groups in total. The molecule has 16 heavy (non-hydrogen) atoms. The van der Waals surface area contributed by atoms with E-state index in [1.165, 1.54) is 7.11 Å². The van der Waals surface area contributed by atoms with E-state index in [1.807, 2.05) is 24.7 Å². The zero-order chi connectivity index (χ0) is 11.7. The van der Waals surface area contributed by atoms with Gasteiger partial charge < -0.3 is 9.30 Å². The van der Waals surface area contributed by atoms with Crippen LogP contribution in [0.5, 0.6) is 0 Å². The van der Waals surface area contributed by atoms with Crippen molar-refractivity contribution in [3.05, 3.63) is 30.1 Å². The normalized spacial score (nSPS) is 10.4. The minimum atomic E-state index is -0.330. The fourth-order valence-electron chi connectivity index (χ4n) is 1.67. The van der Waals surface area contributed by atoms with Gasteiger partial charge >= 0.3 is 5.97 Å². The second kappa shape index (κ2) is 3.84. The Balaban J connectivity index is 2.47. The van der Waals surface area contributed by atoms with Gasteiger partial charge in [-0.1, -0.05) is 0 Å². The average molecular weight is 219 g/mol. The molecule has 0 aliphatic carbocycles. The smallest absolute Gasteiger partial charge is 0.339 e. The molecular weight excluding hydrogens is 206 g/mol. The molecule has 0 bridgehead atoms. The summed E-state index contributed by atoms with van der Waals surface area (Å²) in [5.74, 6) is -0.330. The van der Waals surface area contributed by atoms with Crippen LogP contribution in [0.3, 0.4) is 0 Å². The van der Waals surface area contributed by atoms with Crippen molar-refractivity contribution in [2.45, 2.75) is 0 Å². The Bertz CT molecular complexity index is 525. The largest absolute Gasteiger partial charge is 0.465 e. The number of rotatable bonds is 2. The highest BCUT2D eigenvalue weighted by Gasteiger charge is 2.13. The van der Waals surface area contributed by atoms with Crippen molar-refractivity contribution in [1.29, 1.82) is 0 Å². The molecule has 2 rings (SSSR count). The number of hydrogen-bond donors (Lipinski definition) is 0. The Morgan fingerprint density at radius 1 is 1.38 bits per heavy atom. The van der Waals surface area contributed by atoms with Crippen molar-refractivity contribution in [2.75, 3.05) is 7.11 Å². The first-order valence-corrected chi connectivity index (χ1v) is 4.86. The van der Waals surface area contributed by atoms with E-state index >= 15 is 0 Å². The number of aromatic nitrogens is 3. The summed E-state index contributed by atoms with van der Waals surface area (Å²) in [5, 5.41) is 4.10. The van der Waals surface area contributed by atoms with Gasteiger partial charge in [0.05, 0.1) is 24.1 Å². The van der Waals surface area contributed by atoms with E-state index in [-0.39, 0.29) is 5.97 Å². The van der Waals surface area contributed by atoms with E-state index in [1.54, 1.807) is 23.1 Å². The van der Waals surface area contributed by atoms with E-state index in [2.05, 4.69) is 9.84 Å². The molecule has 0 saturated heterocycles. The zero-order valence-corrected chi connectivity index (χ0v) is 9.47. The van der Waals surface area contributed by atoms with Crippen molar-refractivity contribution >= 4 is 5.97 Å². The van der Waals surface area contributed by atoms with E-state index < -0.39 is 0 Å². The van der Waals surface area contributed by atoms with Crippen molar-refractivity contribution in [1.82, 2.24) is 14.3 Å². The molecule has 0 saturated carbocycles. The predicted molar refractivity (Wildman–Crippen MR) is 59.0 cm³/mol. The first-order valence-electron chi connectivity index (χ1n) is 4.86. The summed E-state index contributed by atoms with van der Waals surface area (Å²) in [4.78, 5) is 11.4. The van der Waals surface area contributed by atoms with Crippen molar-refractivity contribution in [3.63, 3.8) is 0 Å². The summed E-state index contributed by atoms with van der Waals surface area (Å²) >= 11 is 0. The highest BCUT2D eigenvalue weighted by Crippen LogP contribution is 2.20. The topological polar surface area (TPSA) is 49.0 Å². The molecule has 84 valence electrons. The summed E-state index contributed by atoms with van der Waals surface area (Å²) in [6.45, 7) is 0. The summed E-state index contributed by atoms with van der Waals surface area (Å²) in [5.41, 5.74) is 2.43. The van der Waals surface area contributed by atoms with Crippen molar-refractivity contribution in [2.24, 2.45) is 14.1 Å². The van der Waals surface area contributed by atoms with Gasteiger partial charge in [0.1, 0.15) is 0 Å². The molecule has 0 spiro atoms. The number of ether oxygens (including phenoxy) is 1. The zero-order valence-electron chi connectivity index (χ0n) is 9.47. The first-order chi connectivity index (χ1) is 7.63. The maximum atomic E-state index is 11.4. The molecule has 2 aromatic heterocycles. The van der Waals surface area contributed by atoms with Crippen LogP contribution in [0.1, 0.15) is 10.4 Å². The maximum Gasteiger partial charge on any atom is 0.339 e. The second-order valence-corrected chi connectivity index (χ2v) is 3.56. The van der Waals surface area contributed by atoms with Crippen LogP contribution in [0.15, 0.2) is 24.5 Å². The minimum Gasteiger partial charge on any atom is -0.465 e. The molecule has 5 heteroatoms. The predicted octanol–water partition coefficient (Wildman–Crippen LogP) is 1.21. The lowest BCUT2D eigenvalue weighted by molar-refractivity contribution is 0.0601. The Kier molecular flexibility index (Phi) is 2.52. The molecule has 2 aromatic rings. The number of aryl methyl sites for hydroxylation is 2. The molecule has 0 aliphatic rings. The Hall–Kier alpha value is -2.04. The van der Waals surface area contributed by atoms with Crippen LogP contribution in [0.25, 0.3) is 11.4 Å². The number of methoxy groups -OCH3 is 1. The standard InChI is InChI=1S/C11H13N3O2/c1-13-7-8(11(15)16-3)6-10(13)9-4-5-12-14(9)2/h4-7H,1-3H3. The number of carbonyl (C=O) groups excluding carboxylic acids is 1. The maximum absolute atomic E-state index is 11.4. The van der Waals surface area contributed by atoms with Gasteiger partial charge in [-0.2, -0.15) is 5.10 Å².